The molecule has 1 unspecified atom stereocenters. The second kappa shape index (κ2) is 6.58. The van der Waals surface area contributed by atoms with Crippen LogP contribution >= 0.6 is 0 Å². The molecule has 1 aromatic carbocycles. The first-order valence-electron chi connectivity index (χ1n) is 5.90. The third kappa shape index (κ3) is 4.13. The van der Waals surface area contributed by atoms with Crippen LogP contribution in [0.25, 0.3) is 0 Å². The minimum atomic E-state index is -1.11. The number of phenolic OH excluding ortho intramolecular Hbond substituents is 1. The zero-order valence-corrected chi connectivity index (χ0v) is 10.9. The van der Waals surface area contributed by atoms with E-state index in [2.05, 4.69) is 5.32 Å². The number of amides is 1. The second-order valence-electron chi connectivity index (χ2n) is 4.19. The quantitative estimate of drug-likeness (QED) is 0.707. The third-order valence-corrected chi connectivity index (χ3v) is 2.61. The molecule has 0 radical (unpaired) electrons. The van der Waals surface area contributed by atoms with E-state index in [-0.39, 0.29) is 17.7 Å². The van der Waals surface area contributed by atoms with Crippen molar-refractivity contribution in [1.29, 1.82) is 0 Å². The van der Waals surface area contributed by atoms with Gasteiger partial charge in [-0.1, -0.05) is 18.2 Å². The Labute approximate surface area is 111 Å². The number of nitrogens with one attached hydrogen (secondary N) is 1. The molecule has 1 atom stereocenters. The molecule has 0 saturated heterocycles. The van der Waals surface area contributed by atoms with Gasteiger partial charge in [-0.15, -0.1) is 0 Å². The number of hydrogen-bond donors (Lipinski definition) is 3. The Morgan fingerprint density at radius 2 is 2.11 bits per heavy atom. The second-order valence-corrected chi connectivity index (χ2v) is 4.19. The Bertz CT molecular complexity index is 508. The van der Waals surface area contributed by atoms with E-state index in [0.29, 0.717) is 0 Å². The number of carboxylic acids is 1. The fraction of sp³-hybridized carbons (Fsp3) is 0.286. The Balaban J connectivity index is 2.84. The highest BCUT2D eigenvalue weighted by Gasteiger charge is 2.20. The van der Waals surface area contributed by atoms with Gasteiger partial charge in [-0.25, -0.2) is 4.79 Å². The van der Waals surface area contributed by atoms with Crippen LogP contribution in [0, 0.1) is 6.92 Å². The van der Waals surface area contributed by atoms with E-state index in [9.17, 15) is 14.7 Å². The number of benzene rings is 1. The lowest BCUT2D eigenvalue weighted by Crippen LogP contribution is -2.40. The van der Waals surface area contributed by atoms with Gasteiger partial charge in [0.25, 0.3) is 5.91 Å². The molecule has 102 valence electrons. The number of allylic oxidation sites excluding steroid dienone is 1. The van der Waals surface area contributed by atoms with Crippen LogP contribution in [0.3, 0.4) is 0 Å². The lowest BCUT2D eigenvalue weighted by Gasteiger charge is -2.13. The van der Waals surface area contributed by atoms with Crippen LogP contribution in [0.1, 0.15) is 29.3 Å². The number of carbonyl (C=O) groups is 2. The summed E-state index contributed by atoms with van der Waals surface area (Å²) in [4.78, 5) is 22.9. The summed E-state index contributed by atoms with van der Waals surface area (Å²) in [5, 5.41) is 21.0. The predicted molar refractivity (Wildman–Crippen MR) is 71.2 cm³/mol. The van der Waals surface area contributed by atoms with Crippen LogP contribution < -0.4 is 5.32 Å². The molecule has 0 aliphatic carbocycles. The molecule has 0 aliphatic heterocycles. The van der Waals surface area contributed by atoms with E-state index in [1.54, 1.807) is 32.1 Å². The van der Waals surface area contributed by atoms with Crippen LogP contribution in [-0.4, -0.2) is 28.1 Å². The first-order chi connectivity index (χ1) is 8.95. The van der Waals surface area contributed by atoms with E-state index in [0.717, 1.165) is 5.56 Å². The van der Waals surface area contributed by atoms with Gasteiger partial charge in [-0.2, -0.15) is 0 Å². The number of phenols is 1. The van der Waals surface area contributed by atoms with Crippen LogP contribution in [0.5, 0.6) is 5.75 Å². The SMILES string of the molecule is C/C=C/CC(NC(=O)c1ccc(C)cc1O)C(=O)O. The largest absolute Gasteiger partial charge is 0.507 e. The van der Waals surface area contributed by atoms with Crippen molar-refractivity contribution in [1.82, 2.24) is 5.32 Å². The Morgan fingerprint density at radius 1 is 1.42 bits per heavy atom. The van der Waals surface area contributed by atoms with Crippen molar-refractivity contribution in [3.63, 3.8) is 0 Å². The molecule has 1 aromatic rings. The summed E-state index contributed by atoms with van der Waals surface area (Å²) < 4.78 is 0. The van der Waals surface area contributed by atoms with Crippen molar-refractivity contribution in [3.05, 3.63) is 41.5 Å². The van der Waals surface area contributed by atoms with Gasteiger partial charge in [0.15, 0.2) is 0 Å². The number of aromatic hydroxyl groups is 1. The molecule has 19 heavy (non-hydrogen) atoms. The molecule has 5 heteroatoms. The highest BCUT2D eigenvalue weighted by atomic mass is 16.4. The zero-order valence-electron chi connectivity index (χ0n) is 10.9. The molecular formula is C14H17NO4. The van der Waals surface area contributed by atoms with Crippen LogP contribution in [0.4, 0.5) is 0 Å². The van der Waals surface area contributed by atoms with Gasteiger partial charge in [-0.3, -0.25) is 4.79 Å². The Hall–Kier alpha value is -2.30. The summed E-state index contributed by atoms with van der Waals surface area (Å²) in [5.41, 5.74) is 0.884. The molecule has 1 rings (SSSR count). The minimum Gasteiger partial charge on any atom is -0.507 e. The molecule has 0 spiro atoms. The highest BCUT2D eigenvalue weighted by Crippen LogP contribution is 2.18. The molecule has 0 bridgehead atoms. The van der Waals surface area contributed by atoms with Gasteiger partial charge < -0.3 is 15.5 Å². The Morgan fingerprint density at radius 3 is 2.63 bits per heavy atom. The van der Waals surface area contributed by atoms with E-state index in [1.165, 1.54) is 12.1 Å². The average molecular weight is 263 g/mol. The van der Waals surface area contributed by atoms with Gasteiger partial charge in [-0.05, 0) is 38.0 Å². The number of aryl methyl sites for hydroxylation is 1. The molecule has 0 heterocycles. The highest BCUT2D eigenvalue weighted by molar-refractivity contribution is 5.98. The minimum absolute atomic E-state index is 0.0670. The van der Waals surface area contributed by atoms with E-state index in [1.807, 2.05) is 0 Å². The smallest absolute Gasteiger partial charge is 0.326 e. The van der Waals surface area contributed by atoms with Gasteiger partial charge in [0, 0.05) is 0 Å². The predicted octanol–water partition coefficient (Wildman–Crippen LogP) is 1.85. The van der Waals surface area contributed by atoms with Crippen molar-refractivity contribution in [2.45, 2.75) is 26.3 Å². The lowest BCUT2D eigenvalue weighted by molar-refractivity contribution is -0.139. The molecule has 3 N–H and O–H groups in total. The molecule has 0 saturated carbocycles. The number of hydrogen-bond acceptors (Lipinski definition) is 3. The fourth-order valence-corrected chi connectivity index (χ4v) is 1.56. The topological polar surface area (TPSA) is 86.6 Å². The van der Waals surface area contributed by atoms with Gasteiger partial charge >= 0.3 is 5.97 Å². The maximum Gasteiger partial charge on any atom is 0.326 e. The summed E-state index contributed by atoms with van der Waals surface area (Å²) in [6.45, 7) is 3.56. The lowest BCUT2D eigenvalue weighted by atomic mass is 10.1. The van der Waals surface area contributed by atoms with Crippen molar-refractivity contribution in [2.75, 3.05) is 0 Å². The summed E-state index contributed by atoms with van der Waals surface area (Å²) in [7, 11) is 0. The van der Waals surface area contributed by atoms with Crippen molar-refractivity contribution in [3.8, 4) is 5.75 Å². The standard InChI is InChI=1S/C14H17NO4/c1-3-4-5-11(14(18)19)15-13(17)10-7-6-9(2)8-12(10)16/h3-4,6-8,11,16H,5H2,1-2H3,(H,15,17)(H,18,19)/b4-3+. The molecule has 0 aliphatic rings. The summed E-state index contributed by atoms with van der Waals surface area (Å²) in [6, 6.07) is 3.59. The molecule has 0 fully saturated rings. The maximum atomic E-state index is 11.9. The Kier molecular flexibility index (Phi) is 5.11. The molecule has 1 amide bonds. The summed E-state index contributed by atoms with van der Waals surface area (Å²) in [6.07, 6.45) is 3.57. The van der Waals surface area contributed by atoms with E-state index >= 15 is 0 Å². The van der Waals surface area contributed by atoms with E-state index < -0.39 is 17.9 Å². The zero-order chi connectivity index (χ0) is 14.4. The molecule has 0 aromatic heterocycles. The fourth-order valence-electron chi connectivity index (χ4n) is 1.56. The van der Waals surface area contributed by atoms with Gasteiger partial charge in [0.2, 0.25) is 0 Å². The van der Waals surface area contributed by atoms with E-state index in [4.69, 9.17) is 5.11 Å². The van der Waals surface area contributed by atoms with Crippen molar-refractivity contribution < 1.29 is 19.8 Å². The normalized spacial score (nSPS) is 12.3. The van der Waals surface area contributed by atoms with Crippen molar-refractivity contribution >= 4 is 11.9 Å². The third-order valence-electron chi connectivity index (χ3n) is 2.61. The monoisotopic (exact) mass is 263 g/mol. The van der Waals surface area contributed by atoms with Crippen LogP contribution in [0.15, 0.2) is 30.4 Å². The summed E-state index contributed by atoms with van der Waals surface area (Å²) >= 11 is 0. The number of rotatable bonds is 5. The molecular weight excluding hydrogens is 246 g/mol. The van der Waals surface area contributed by atoms with Crippen LogP contribution in [0.2, 0.25) is 0 Å². The van der Waals surface area contributed by atoms with Gasteiger partial charge in [0.05, 0.1) is 5.56 Å². The number of carbonyl (C=O) groups excluding carboxylic acids is 1. The maximum absolute atomic E-state index is 11.9. The number of aliphatic carboxylic acids is 1. The van der Waals surface area contributed by atoms with Crippen molar-refractivity contribution in [2.24, 2.45) is 0 Å². The average Bonchev–Trinajstić information content (AvgIpc) is 2.33. The first kappa shape index (κ1) is 14.8. The molecule has 5 nitrogen and oxygen atoms in total. The van der Waals surface area contributed by atoms with Gasteiger partial charge in [0.1, 0.15) is 11.8 Å². The summed E-state index contributed by atoms with van der Waals surface area (Å²) in [5.74, 6) is -1.87. The first-order valence-corrected chi connectivity index (χ1v) is 5.90. The number of carboxylic acid groups (broad SMARTS) is 1. The van der Waals surface area contributed by atoms with Crippen LogP contribution in [-0.2, 0) is 4.79 Å².